The zero-order chi connectivity index (χ0) is 15.5. The lowest BCUT2D eigenvalue weighted by Crippen LogP contribution is -2.48. The average molecular weight is 297 g/mol. The van der Waals surface area contributed by atoms with Crippen LogP contribution >= 0.6 is 0 Å². The molecular formula is C18H23N3O. The third kappa shape index (κ3) is 3.09. The van der Waals surface area contributed by atoms with Crippen molar-refractivity contribution in [3.8, 4) is 6.07 Å². The predicted molar refractivity (Wildman–Crippen MR) is 85.5 cm³/mol. The number of rotatable bonds is 2. The van der Waals surface area contributed by atoms with Crippen LogP contribution in [0.3, 0.4) is 0 Å². The molecule has 1 aromatic carbocycles. The quantitative estimate of drug-likeness (QED) is 0.912. The first kappa shape index (κ1) is 14.9. The maximum absolute atomic E-state index is 12.4. The third-order valence-corrected chi connectivity index (χ3v) is 5.04. The molecule has 0 aliphatic heterocycles. The fraction of sp³-hybridized carbons (Fsp3) is 0.556. The topological polar surface area (TPSA) is 56.1 Å². The number of hydrogen-bond donors (Lipinski definition) is 1. The van der Waals surface area contributed by atoms with Gasteiger partial charge in [-0.05, 0) is 48.9 Å². The van der Waals surface area contributed by atoms with E-state index in [-0.39, 0.29) is 12.1 Å². The van der Waals surface area contributed by atoms with Gasteiger partial charge in [0.25, 0.3) is 0 Å². The van der Waals surface area contributed by atoms with Gasteiger partial charge in [0.1, 0.15) is 0 Å². The average Bonchev–Trinajstić information content (AvgIpc) is 2.95. The lowest BCUT2D eigenvalue weighted by molar-refractivity contribution is 0.170. The van der Waals surface area contributed by atoms with Gasteiger partial charge >= 0.3 is 6.03 Å². The Kier molecular flexibility index (Phi) is 4.33. The van der Waals surface area contributed by atoms with Crippen LogP contribution in [-0.4, -0.2) is 30.1 Å². The van der Waals surface area contributed by atoms with Gasteiger partial charge in [0, 0.05) is 19.1 Å². The SMILES string of the molecule is CN(C(=O)NC1Cc2ccc(C#N)cc2C1)C1CCCCC1. The minimum Gasteiger partial charge on any atom is -0.335 e. The van der Waals surface area contributed by atoms with Crippen molar-refractivity contribution in [3.05, 3.63) is 34.9 Å². The van der Waals surface area contributed by atoms with Crippen LogP contribution in [0, 0.1) is 11.3 Å². The largest absolute Gasteiger partial charge is 0.335 e. The van der Waals surface area contributed by atoms with Crippen molar-refractivity contribution in [2.24, 2.45) is 0 Å². The first-order valence-corrected chi connectivity index (χ1v) is 8.22. The first-order chi connectivity index (χ1) is 10.7. The van der Waals surface area contributed by atoms with E-state index in [1.165, 1.54) is 30.4 Å². The monoisotopic (exact) mass is 297 g/mol. The lowest BCUT2D eigenvalue weighted by atomic mass is 9.95. The summed E-state index contributed by atoms with van der Waals surface area (Å²) in [7, 11) is 1.92. The molecular weight excluding hydrogens is 274 g/mol. The summed E-state index contributed by atoms with van der Waals surface area (Å²) < 4.78 is 0. The molecule has 1 fully saturated rings. The Bertz CT molecular complexity index is 599. The van der Waals surface area contributed by atoms with E-state index in [9.17, 15) is 4.79 Å². The van der Waals surface area contributed by atoms with Crippen LogP contribution in [0.5, 0.6) is 0 Å². The van der Waals surface area contributed by atoms with E-state index in [1.807, 2.05) is 30.1 Å². The minimum absolute atomic E-state index is 0.0465. The number of amides is 2. The van der Waals surface area contributed by atoms with Crippen LogP contribution in [-0.2, 0) is 12.8 Å². The van der Waals surface area contributed by atoms with Crippen molar-refractivity contribution in [3.63, 3.8) is 0 Å². The fourth-order valence-electron chi connectivity index (χ4n) is 3.70. The van der Waals surface area contributed by atoms with Gasteiger partial charge in [0.05, 0.1) is 11.6 Å². The van der Waals surface area contributed by atoms with Gasteiger partial charge in [-0.2, -0.15) is 5.26 Å². The van der Waals surface area contributed by atoms with E-state index < -0.39 is 0 Å². The molecule has 2 aliphatic carbocycles. The molecule has 1 saturated carbocycles. The van der Waals surface area contributed by atoms with E-state index in [1.54, 1.807) is 0 Å². The van der Waals surface area contributed by atoms with Gasteiger partial charge in [-0.1, -0.05) is 25.3 Å². The van der Waals surface area contributed by atoms with Crippen LogP contribution in [0.25, 0.3) is 0 Å². The summed E-state index contributed by atoms with van der Waals surface area (Å²) in [6.07, 6.45) is 7.70. The number of fused-ring (bicyclic) bond motifs is 1. The number of carbonyl (C=O) groups is 1. The summed E-state index contributed by atoms with van der Waals surface area (Å²) in [5.74, 6) is 0. The molecule has 0 heterocycles. The molecule has 0 radical (unpaired) electrons. The molecule has 1 atom stereocenters. The van der Waals surface area contributed by atoms with Gasteiger partial charge in [0.15, 0.2) is 0 Å². The highest BCUT2D eigenvalue weighted by Crippen LogP contribution is 2.25. The Labute approximate surface area is 132 Å². The standard InChI is InChI=1S/C18H23N3O/c1-21(17-5-3-2-4-6-17)18(22)20-16-10-14-8-7-13(12-19)9-15(14)11-16/h7-9,16-17H,2-6,10-11H2,1H3,(H,20,22). The molecule has 2 aliphatic rings. The van der Waals surface area contributed by atoms with E-state index in [0.717, 1.165) is 25.7 Å². The van der Waals surface area contributed by atoms with Crippen molar-refractivity contribution >= 4 is 6.03 Å². The van der Waals surface area contributed by atoms with Crippen molar-refractivity contribution in [2.75, 3.05) is 7.05 Å². The maximum Gasteiger partial charge on any atom is 0.317 e. The Hall–Kier alpha value is -2.02. The van der Waals surface area contributed by atoms with Crippen molar-refractivity contribution in [1.82, 2.24) is 10.2 Å². The van der Waals surface area contributed by atoms with E-state index in [0.29, 0.717) is 11.6 Å². The number of carbonyl (C=O) groups excluding carboxylic acids is 1. The zero-order valence-corrected chi connectivity index (χ0v) is 13.1. The molecule has 1 N–H and O–H groups in total. The van der Waals surface area contributed by atoms with Crippen LogP contribution in [0.4, 0.5) is 4.79 Å². The second-order valence-electron chi connectivity index (χ2n) is 6.55. The highest BCUT2D eigenvalue weighted by Gasteiger charge is 2.27. The fourth-order valence-corrected chi connectivity index (χ4v) is 3.70. The molecule has 1 unspecified atom stereocenters. The van der Waals surface area contributed by atoms with E-state index in [4.69, 9.17) is 5.26 Å². The van der Waals surface area contributed by atoms with Crippen LogP contribution < -0.4 is 5.32 Å². The van der Waals surface area contributed by atoms with Crippen molar-refractivity contribution in [2.45, 2.75) is 57.0 Å². The first-order valence-electron chi connectivity index (χ1n) is 8.22. The molecule has 4 heteroatoms. The number of nitrogens with zero attached hydrogens (tertiary/aromatic N) is 2. The Morgan fingerprint density at radius 1 is 1.23 bits per heavy atom. The summed E-state index contributed by atoms with van der Waals surface area (Å²) in [4.78, 5) is 14.3. The number of nitrogens with one attached hydrogen (secondary N) is 1. The Morgan fingerprint density at radius 3 is 2.68 bits per heavy atom. The van der Waals surface area contributed by atoms with Gasteiger partial charge in [0.2, 0.25) is 0 Å². The molecule has 0 spiro atoms. The second-order valence-corrected chi connectivity index (χ2v) is 6.55. The minimum atomic E-state index is 0.0465. The smallest absolute Gasteiger partial charge is 0.317 e. The van der Waals surface area contributed by atoms with Gasteiger partial charge in [-0.3, -0.25) is 0 Å². The predicted octanol–water partition coefficient (Wildman–Crippen LogP) is 3.00. The molecule has 3 rings (SSSR count). The molecule has 0 bridgehead atoms. The van der Waals surface area contributed by atoms with Crippen LogP contribution in [0.1, 0.15) is 48.8 Å². The highest BCUT2D eigenvalue weighted by molar-refractivity contribution is 5.74. The molecule has 22 heavy (non-hydrogen) atoms. The summed E-state index contributed by atoms with van der Waals surface area (Å²) in [6.45, 7) is 0. The van der Waals surface area contributed by atoms with Gasteiger partial charge in [-0.15, -0.1) is 0 Å². The molecule has 1 aromatic rings. The van der Waals surface area contributed by atoms with Gasteiger partial charge < -0.3 is 10.2 Å². The summed E-state index contributed by atoms with van der Waals surface area (Å²) in [5, 5.41) is 12.1. The van der Waals surface area contributed by atoms with Crippen LogP contribution in [0.2, 0.25) is 0 Å². The summed E-state index contributed by atoms with van der Waals surface area (Å²) >= 11 is 0. The molecule has 0 aromatic heterocycles. The zero-order valence-electron chi connectivity index (χ0n) is 13.1. The molecule has 0 saturated heterocycles. The number of urea groups is 1. The second kappa shape index (κ2) is 6.39. The molecule has 116 valence electrons. The number of nitriles is 1. The van der Waals surface area contributed by atoms with E-state index in [2.05, 4.69) is 11.4 Å². The summed E-state index contributed by atoms with van der Waals surface area (Å²) in [5.41, 5.74) is 3.15. The third-order valence-electron chi connectivity index (χ3n) is 5.04. The maximum atomic E-state index is 12.4. The van der Waals surface area contributed by atoms with Gasteiger partial charge in [-0.25, -0.2) is 4.79 Å². The molecule has 4 nitrogen and oxygen atoms in total. The summed E-state index contributed by atoms with van der Waals surface area (Å²) in [6, 6.07) is 8.60. The van der Waals surface area contributed by atoms with Crippen molar-refractivity contribution < 1.29 is 4.79 Å². The van der Waals surface area contributed by atoms with Crippen molar-refractivity contribution in [1.29, 1.82) is 5.26 Å². The number of benzene rings is 1. The normalized spacial score (nSPS) is 21.0. The Morgan fingerprint density at radius 2 is 1.95 bits per heavy atom. The number of hydrogen-bond acceptors (Lipinski definition) is 2. The van der Waals surface area contributed by atoms with E-state index >= 15 is 0 Å². The lowest BCUT2D eigenvalue weighted by Gasteiger charge is -2.32. The molecule has 2 amide bonds. The van der Waals surface area contributed by atoms with Crippen LogP contribution in [0.15, 0.2) is 18.2 Å². The highest BCUT2D eigenvalue weighted by atomic mass is 16.2. The Balaban J connectivity index is 1.58.